The van der Waals surface area contributed by atoms with Crippen LogP contribution in [0.1, 0.15) is 25.0 Å². The van der Waals surface area contributed by atoms with Crippen molar-refractivity contribution in [1.29, 1.82) is 0 Å². The highest BCUT2D eigenvalue weighted by molar-refractivity contribution is 5.99. The van der Waals surface area contributed by atoms with Crippen LogP contribution in [0.25, 0.3) is 100.0 Å². The molecule has 278 valence electrons. The zero-order valence-corrected chi connectivity index (χ0v) is 33.0. The summed E-state index contributed by atoms with van der Waals surface area (Å²) < 4.78 is 0. The van der Waals surface area contributed by atoms with Gasteiger partial charge in [-0.25, -0.2) is 9.97 Å². The van der Waals surface area contributed by atoms with E-state index < -0.39 is 0 Å². The Morgan fingerprint density at radius 2 is 0.780 bits per heavy atom. The van der Waals surface area contributed by atoms with Crippen molar-refractivity contribution in [1.82, 2.24) is 9.97 Å². The fourth-order valence-corrected chi connectivity index (χ4v) is 9.06. The molecule has 0 amide bonds. The summed E-state index contributed by atoms with van der Waals surface area (Å²) in [6.45, 7) is 4.69. The lowest BCUT2D eigenvalue weighted by molar-refractivity contribution is 0.661. The van der Waals surface area contributed by atoms with E-state index in [9.17, 15) is 0 Å². The topological polar surface area (TPSA) is 25.8 Å². The lowest BCUT2D eigenvalue weighted by Crippen LogP contribution is -2.14. The van der Waals surface area contributed by atoms with Crippen molar-refractivity contribution in [3.8, 4) is 78.4 Å². The van der Waals surface area contributed by atoms with E-state index in [0.717, 1.165) is 33.9 Å². The van der Waals surface area contributed by atoms with Gasteiger partial charge in [-0.2, -0.15) is 0 Å². The molecule has 1 aliphatic carbocycles. The van der Waals surface area contributed by atoms with Gasteiger partial charge in [-0.05, 0) is 108 Å². The second-order valence-corrected chi connectivity index (χ2v) is 16.2. The molecule has 0 spiro atoms. The average molecular weight is 753 g/mol. The fraction of sp³-hybridized carbons (Fsp3) is 0.0526. The third-order valence-electron chi connectivity index (χ3n) is 12.3. The monoisotopic (exact) mass is 752 g/mol. The van der Waals surface area contributed by atoms with Crippen molar-refractivity contribution in [3.63, 3.8) is 0 Å². The smallest absolute Gasteiger partial charge is 0.160 e. The molecule has 0 bridgehead atoms. The van der Waals surface area contributed by atoms with Gasteiger partial charge in [0, 0.05) is 22.1 Å². The maximum atomic E-state index is 5.30. The van der Waals surface area contributed by atoms with Gasteiger partial charge in [0.15, 0.2) is 5.82 Å². The second kappa shape index (κ2) is 13.9. The highest BCUT2D eigenvalue weighted by atomic mass is 14.9. The Kier molecular flexibility index (Phi) is 8.20. The van der Waals surface area contributed by atoms with Crippen molar-refractivity contribution in [2.45, 2.75) is 19.3 Å². The minimum Gasteiger partial charge on any atom is -0.228 e. The number of aromatic nitrogens is 2. The summed E-state index contributed by atoms with van der Waals surface area (Å²) in [6, 6.07) is 74.4. The molecule has 1 aromatic heterocycles. The van der Waals surface area contributed by atoms with E-state index in [1.165, 1.54) is 77.2 Å². The van der Waals surface area contributed by atoms with E-state index in [2.05, 4.69) is 214 Å². The summed E-state index contributed by atoms with van der Waals surface area (Å²) in [5.41, 5.74) is 17.4. The second-order valence-electron chi connectivity index (χ2n) is 16.2. The van der Waals surface area contributed by atoms with Crippen LogP contribution in [0.3, 0.4) is 0 Å². The van der Waals surface area contributed by atoms with Crippen molar-refractivity contribution in [2.75, 3.05) is 0 Å². The summed E-state index contributed by atoms with van der Waals surface area (Å²) in [5, 5.41) is 4.88. The van der Waals surface area contributed by atoms with E-state index in [4.69, 9.17) is 9.97 Å². The molecule has 2 heteroatoms. The summed E-state index contributed by atoms with van der Waals surface area (Å²) in [6.07, 6.45) is 0. The normalized spacial score (nSPS) is 12.7. The number of fused-ring (bicyclic) bond motifs is 5. The summed E-state index contributed by atoms with van der Waals surface area (Å²) >= 11 is 0. The minimum atomic E-state index is -0.142. The molecule has 0 radical (unpaired) electrons. The molecule has 11 rings (SSSR count). The van der Waals surface area contributed by atoms with Crippen LogP contribution >= 0.6 is 0 Å². The fourth-order valence-electron chi connectivity index (χ4n) is 9.06. The van der Waals surface area contributed by atoms with Crippen molar-refractivity contribution < 1.29 is 0 Å². The first-order valence-corrected chi connectivity index (χ1v) is 20.4. The van der Waals surface area contributed by atoms with Crippen LogP contribution in [0.4, 0.5) is 0 Å². The first-order chi connectivity index (χ1) is 29.0. The molecule has 59 heavy (non-hydrogen) atoms. The Balaban J connectivity index is 0.954. The maximum Gasteiger partial charge on any atom is 0.160 e. The van der Waals surface area contributed by atoms with E-state index in [1.54, 1.807) is 0 Å². The van der Waals surface area contributed by atoms with Gasteiger partial charge in [0.25, 0.3) is 0 Å². The Labute approximate surface area is 345 Å². The Morgan fingerprint density at radius 3 is 1.42 bits per heavy atom. The van der Waals surface area contributed by atoms with Gasteiger partial charge >= 0.3 is 0 Å². The first-order valence-electron chi connectivity index (χ1n) is 20.4. The minimum absolute atomic E-state index is 0.142. The van der Waals surface area contributed by atoms with E-state index in [0.29, 0.717) is 0 Å². The van der Waals surface area contributed by atoms with Gasteiger partial charge in [-0.3, -0.25) is 0 Å². The molecule has 0 unspecified atom stereocenters. The van der Waals surface area contributed by atoms with E-state index in [1.807, 2.05) is 6.07 Å². The lowest BCUT2D eigenvalue weighted by atomic mass is 9.81. The van der Waals surface area contributed by atoms with Crippen molar-refractivity contribution >= 4 is 21.5 Å². The molecule has 0 atom stereocenters. The number of rotatable bonds is 6. The molecule has 2 nitrogen and oxygen atoms in total. The number of hydrogen-bond acceptors (Lipinski definition) is 2. The number of hydrogen-bond donors (Lipinski definition) is 0. The molecule has 9 aromatic carbocycles. The van der Waals surface area contributed by atoms with Gasteiger partial charge in [0.05, 0.1) is 11.4 Å². The standard InChI is InChI=1S/C57H40N2/c1-57(2)51-19-11-18-49(55(51)50-34-43-16-9-10-17-44(43)35-52(50)57)54-36-53(58-56(59-54)42-14-7-4-8-15-42)48-31-30-46-32-45(28-29-47(46)33-48)41-26-24-40(25-27-41)39-22-20-38(21-23-39)37-12-5-3-6-13-37/h3-36H,1-2H3. The molecule has 1 heterocycles. The predicted molar refractivity (Wildman–Crippen MR) is 247 cm³/mol. The SMILES string of the molecule is CC1(C)c2cc3ccccc3cc2-c2c(-c3cc(-c4ccc5cc(-c6ccc(-c7ccc(-c8ccccc8)cc7)cc6)ccc5c4)nc(-c4ccccc4)n3)cccc21. The molecular weight excluding hydrogens is 713 g/mol. The Hall–Kier alpha value is -7.42. The molecule has 10 aromatic rings. The van der Waals surface area contributed by atoms with Gasteiger partial charge in [0.2, 0.25) is 0 Å². The van der Waals surface area contributed by atoms with Crippen LogP contribution in [0.2, 0.25) is 0 Å². The zero-order valence-electron chi connectivity index (χ0n) is 33.0. The van der Waals surface area contributed by atoms with Crippen LogP contribution in [-0.2, 0) is 5.41 Å². The van der Waals surface area contributed by atoms with Crippen LogP contribution in [0.5, 0.6) is 0 Å². The van der Waals surface area contributed by atoms with Gasteiger partial charge < -0.3 is 0 Å². The average Bonchev–Trinajstić information content (AvgIpc) is 3.53. The van der Waals surface area contributed by atoms with Crippen molar-refractivity contribution in [3.05, 3.63) is 217 Å². The molecular formula is C57H40N2. The van der Waals surface area contributed by atoms with Gasteiger partial charge in [-0.15, -0.1) is 0 Å². The number of nitrogens with zero attached hydrogens (tertiary/aromatic N) is 2. The lowest BCUT2D eigenvalue weighted by Gasteiger charge is -2.22. The summed E-state index contributed by atoms with van der Waals surface area (Å²) in [7, 11) is 0. The molecule has 0 saturated heterocycles. The largest absolute Gasteiger partial charge is 0.228 e. The molecule has 0 N–H and O–H groups in total. The maximum absolute atomic E-state index is 5.30. The zero-order chi connectivity index (χ0) is 39.5. The van der Waals surface area contributed by atoms with Crippen LogP contribution < -0.4 is 0 Å². The molecule has 0 aliphatic heterocycles. The van der Waals surface area contributed by atoms with Crippen molar-refractivity contribution in [2.24, 2.45) is 0 Å². The Bertz CT molecular complexity index is 3200. The molecule has 0 fully saturated rings. The third-order valence-corrected chi connectivity index (χ3v) is 12.3. The van der Waals surface area contributed by atoms with Crippen LogP contribution in [0.15, 0.2) is 206 Å². The van der Waals surface area contributed by atoms with E-state index >= 15 is 0 Å². The van der Waals surface area contributed by atoms with Gasteiger partial charge in [0.1, 0.15) is 0 Å². The summed E-state index contributed by atoms with van der Waals surface area (Å²) in [5.74, 6) is 0.720. The molecule has 0 saturated carbocycles. The predicted octanol–water partition coefficient (Wildman–Crippen LogP) is 15.1. The quantitative estimate of drug-likeness (QED) is 0.169. The third kappa shape index (κ3) is 6.13. The van der Waals surface area contributed by atoms with E-state index in [-0.39, 0.29) is 5.41 Å². The highest BCUT2D eigenvalue weighted by Crippen LogP contribution is 2.53. The summed E-state index contributed by atoms with van der Waals surface area (Å²) in [4.78, 5) is 10.5. The van der Waals surface area contributed by atoms with Crippen LogP contribution in [-0.4, -0.2) is 9.97 Å². The van der Waals surface area contributed by atoms with Crippen LogP contribution in [0, 0.1) is 0 Å². The molecule has 1 aliphatic rings. The van der Waals surface area contributed by atoms with Gasteiger partial charge in [-0.1, -0.05) is 190 Å². The number of benzene rings is 9. The highest BCUT2D eigenvalue weighted by Gasteiger charge is 2.37. The Morgan fingerprint density at radius 1 is 0.305 bits per heavy atom. The first kappa shape index (κ1) is 34.8.